The van der Waals surface area contributed by atoms with E-state index in [2.05, 4.69) is 71.1 Å². The van der Waals surface area contributed by atoms with Crippen molar-refractivity contribution in [1.29, 1.82) is 0 Å². The summed E-state index contributed by atoms with van der Waals surface area (Å²) < 4.78 is 1.90. The van der Waals surface area contributed by atoms with Crippen molar-refractivity contribution in [2.75, 3.05) is 33.2 Å². The fourth-order valence-electron chi connectivity index (χ4n) is 4.07. The van der Waals surface area contributed by atoms with Gasteiger partial charge >= 0.3 is 0 Å². The molecule has 160 valence electrons. The zero-order valence-electron chi connectivity index (χ0n) is 18.5. The number of pyridine rings is 1. The molecule has 1 fully saturated rings. The Morgan fingerprint density at radius 3 is 2.60 bits per heavy atom. The van der Waals surface area contributed by atoms with Gasteiger partial charge in [0.05, 0.1) is 5.54 Å². The topological polar surface area (TPSA) is 82.9 Å². The number of likely N-dealkylation sites (N-methyl/N-ethyl adjacent to an activating group) is 1. The van der Waals surface area contributed by atoms with Crippen molar-refractivity contribution >= 4 is 10.9 Å². The molecule has 1 unspecified atom stereocenters. The number of aryl methyl sites for hydroxylation is 1. The van der Waals surface area contributed by atoms with Crippen molar-refractivity contribution in [3.8, 4) is 0 Å². The van der Waals surface area contributed by atoms with E-state index in [-0.39, 0.29) is 17.1 Å². The standard InChI is InChI=1S/C22H31N7O/c1-6-22(3,4)29-20(24-25-26-29)19(28-11-9-27(5)10-12-28)17-14-16-13-15(2)7-8-18(16)23-21(17)30/h7-8,13-14,19H,6,9-12H2,1-5H3,(H,23,30). The largest absolute Gasteiger partial charge is 0.322 e. The van der Waals surface area contributed by atoms with Crippen molar-refractivity contribution in [3.05, 3.63) is 51.6 Å². The average Bonchev–Trinajstić information content (AvgIpc) is 3.21. The number of tetrazole rings is 1. The van der Waals surface area contributed by atoms with Crippen LogP contribution in [0.2, 0.25) is 0 Å². The lowest BCUT2D eigenvalue weighted by Crippen LogP contribution is -2.48. The predicted octanol–water partition coefficient (Wildman–Crippen LogP) is 2.30. The second-order valence-electron chi connectivity index (χ2n) is 9.00. The number of aromatic nitrogens is 5. The molecule has 1 aromatic carbocycles. The molecule has 3 aromatic rings. The van der Waals surface area contributed by atoms with E-state index in [4.69, 9.17) is 0 Å². The van der Waals surface area contributed by atoms with Gasteiger partial charge in [-0.15, -0.1) is 5.10 Å². The lowest BCUT2D eigenvalue weighted by molar-refractivity contribution is 0.117. The molecule has 0 aliphatic carbocycles. The molecule has 8 heteroatoms. The molecule has 1 atom stereocenters. The fourth-order valence-corrected chi connectivity index (χ4v) is 4.07. The molecule has 4 rings (SSSR count). The number of benzene rings is 1. The van der Waals surface area contributed by atoms with Gasteiger partial charge in [-0.25, -0.2) is 4.68 Å². The summed E-state index contributed by atoms with van der Waals surface area (Å²) in [5.41, 5.74) is 2.37. The van der Waals surface area contributed by atoms with Crippen molar-refractivity contribution < 1.29 is 0 Å². The van der Waals surface area contributed by atoms with E-state index in [0.717, 1.165) is 54.9 Å². The summed E-state index contributed by atoms with van der Waals surface area (Å²) in [6, 6.07) is 7.80. The highest BCUT2D eigenvalue weighted by Crippen LogP contribution is 2.31. The second kappa shape index (κ2) is 7.92. The Bertz CT molecular complexity index is 1090. The van der Waals surface area contributed by atoms with Gasteiger partial charge in [0.25, 0.3) is 5.56 Å². The molecule has 0 radical (unpaired) electrons. The van der Waals surface area contributed by atoms with Crippen LogP contribution in [0.3, 0.4) is 0 Å². The Balaban J connectivity index is 1.89. The van der Waals surface area contributed by atoms with Gasteiger partial charge in [0.15, 0.2) is 5.82 Å². The van der Waals surface area contributed by atoms with Crippen LogP contribution < -0.4 is 5.56 Å². The Labute approximate surface area is 176 Å². The highest BCUT2D eigenvalue weighted by molar-refractivity contribution is 5.79. The van der Waals surface area contributed by atoms with Crippen LogP contribution in [0.25, 0.3) is 10.9 Å². The van der Waals surface area contributed by atoms with Crippen LogP contribution in [0, 0.1) is 6.92 Å². The molecule has 0 bridgehead atoms. The summed E-state index contributed by atoms with van der Waals surface area (Å²) in [5, 5.41) is 13.8. The van der Waals surface area contributed by atoms with Gasteiger partial charge in [0.1, 0.15) is 6.04 Å². The minimum absolute atomic E-state index is 0.0841. The zero-order valence-corrected chi connectivity index (χ0v) is 18.5. The number of hydrogen-bond acceptors (Lipinski definition) is 6. The summed E-state index contributed by atoms with van der Waals surface area (Å²) in [7, 11) is 2.13. The SMILES string of the molecule is CCC(C)(C)n1nnnc1C(c1cc2cc(C)ccc2[nH]c1=O)N1CCN(C)CC1. The number of aromatic amines is 1. The second-order valence-corrected chi connectivity index (χ2v) is 9.00. The van der Waals surface area contributed by atoms with Gasteiger partial charge in [-0.1, -0.05) is 18.6 Å². The minimum atomic E-state index is -0.298. The van der Waals surface area contributed by atoms with Gasteiger partial charge in [-0.3, -0.25) is 9.69 Å². The molecule has 3 heterocycles. The highest BCUT2D eigenvalue weighted by Gasteiger charge is 2.35. The van der Waals surface area contributed by atoms with E-state index in [1.165, 1.54) is 0 Å². The lowest BCUT2D eigenvalue weighted by atomic mass is 9.98. The first-order chi connectivity index (χ1) is 14.3. The van der Waals surface area contributed by atoms with Crippen LogP contribution in [0.15, 0.2) is 29.1 Å². The van der Waals surface area contributed by atoms with Crippen molar-refractivity contribution in [2.45, 2.75) is 45.7 Å². The summed E-state index contributed by atoms with van der Waals surface area (Å²) in [6.07, 6.45) is 0.883. The number of H-pyrrole nitrogens is 1. The Morgan fingerprint density at radius 2 is 1.90 bits per heavy atom. The average molecular weight is 410 g/mol. The molecule has 8 nitrogen and oxygen atoms in total. The van der Waals surface area contributed by atoms with Crippen LogP contribution >= 0.6 is 0 Å². The fraction of sp³-hybridized carbons (Fsp3) is 0.545. The van der Waals surface area contributed by atoms with Crippen LogP contribution in [0.1, 0.15) is 50.2 Å². The number of rotatable bonds is 5. The third kappa shape index (κ3) is 3.77. The molecule has 1 N–H and O–H groups in total. The van der Waals surface area contributed by atoms with E-state index in [1.54, 1.807) is 0 Å². The Hall–Kier alpha value is -2.58. The smallest absolute Gasteiger partial charge is 0.253 e. The molecule has 1 saturated heterocycles. The van der Waals surface area contributed by atoms with Gasteiger partial charge in [0, 0.05) is 37.3 Å². The number of fused-ring (bicyclic) bond motifs is 1. The normalized spacial score (nSPS) is 17.5. The maximum Gasteiger partial charge on any atom is 0.253 e. The van der Waals surface area contributed by atoms with Gasteiger partial charge < -0.3 is 9.88 Å². The maximum absolute atomic E-state index is 13.2. The molecular formula is C22H31N7O. The molecule has 30 heavy (non-hydrogen) atoms. The maximum atomic E-state index is 13.2. The number of hydrogen-bond donors (Lipinski definition) is 1. The summed E-state index contributed by atoms with van der Waals surface area (Å²) in [6.45, 7) is 12.0. The molecular weight excluding hydrogens is 378 g/mol. The number of piperazine rings is 1. The molecule has 1 aliphatic rings. The van der Waals surface area contributed by atoms with Crippen LogP contribution in [0.5, 0.6) is 0 Å². The Kier molecular flexibility index (Phi) is 5.46. The van der Waals surface area contributed by atoms with Crippen LogP contribution in [-0.4, -0.2) is 68.2 Å². The van der Waals surface area contributed by atoms with E-state index in [1.807, 2.05) is 22.9 Å². The third-order valence-electron chi connectivity index (χ3n) is 6.40. The number of nitrogens with zero attached hydrogens (tertiary/aromatic N) is 6. The zero-order chi connectivity index (χ0) is 21.5. The molecule has 1 aliphatic heterocycles. The quantitative estimate of drug-likeness (QED) is 0.696. The van der Waals surface area contributed by atoms with Crippen LogP contribution in [-0.2, 0) is 5.54 Å². The van der Waals surface area contributed by atoms with Crippen molar-refractivity contribution in [3.63, 3.8) is 0 Å². The highest BCUT2D eigenvalue weighted by atomic mass is 16.1. The van der Waals surface area contributed by atoms with Crippen LogP contribution in [0.4, 0.5) is 0 Å². The first-order valence-electron chi connectivity index (χ1n) is 10.6. The monoisotopic (exact) mass is 409 g/mol. The summed E-state index contributed by atoms with van der Waals surface area (Å²) in [4.78, 5) is 20.9. The molecule has 0 saturated carbocycles. The third-order valence-corrected chi connectivity index (χ3v) is 6.40. The molecule has 0 spiro atoms. The van der Waals surface area contributed by atoms with Gasteiger partial charge in [-0.05, 0) is 68.3 Å². The number of nitrogens with one attached hydrogen (secondary N) is 1. The predicted molar refractivity (Wildman–Crippen MR) is 118 cm³/mol. The van der Waals surface area contributed by atoms with Crippen molar-refractivity contribution in [2.24, 2.45) is 0 Å². The molecule has 0 amide bonds. The summed E-state index contributed by atoms with van der Waals surface area (Å²) >= 11 is 0. The lowest BCUT2D eigenvalue weighted by Gasteiger charge is -2.38. The molecule has 2 aromatic heterocycles. The summed E-state index contributed by atoms with van der Waals surface area (Å²) in [5.74, 6) is 0.726. The van der Waals surface area contributed by atoms with E-state index < -0.39 is 0 Å². The van der Waals surface area contributed by atoms with Crippen molar-refractivity contribution in [1.82, 2.24) is 35.0 Å². The van der Waals surface area contributed by atoms with Gasteiger partial charge in [0.2, 0.25) is 0 Å². The first-order valence-corrected chi connectivity index (χ1v) is 10.6. The minimum Gasteiger partial charge on any atom is -0.322 e. The Morgan fingerprint density at radius 1 is 1.17 bits per heavy atom. The van der Waals surface area contributed by atoms with E-state index in [0.29, 0.717) is 5.56 Å². The van der Waals surface area contributed by atoms with E-state index >= 15 is 0 Å². The first kappa shape index (κ1) is 20.7. The van der Waals surface area contributed by atoms with E-state index in [9.17, 15) is 4.79 Å². The van der Waals surface area contributed by atoms with Gasteiger partial charge in [-0.2, -0.15) is 0 Å².